The molecule has 0 amide bonds. The molecule has 3 nitrogen and oxygen atoms in total. The topological polar surface area (TPSA) is 43.4 Å². The Morgan fingerprint density at radius 3 is 2.00 bits per heavy atom. The van der Waals surface area contributed by atoms with Gasteiger partial charge in [0.2, 0.25) is 0 Å². The molecule has 0 aliphatic heterocycles. The lowest BCUT2D eigenvalue weighted by molar-refractivity contribution is -0.139. The Kier molecular flexibility index (Phi) is 4.43. The molecule has 3 heteroatoms. The van der Waals surface area contributed by atoms with Gasteiger partial charge in [-0.25, -0.2) is 4.79 Å². The first kappa shape index (κ1) is 15.9. The fourth-order valence-corrected chi connectivity index (χ4v) is 2.86. The van der Waals surface area contributed by atoms with Crippen LogP contribution in [0.5, 0.6) is 0 Å². The second-order valence-corrected chi connectivity index (χ2v) is 5.57. The summed E-state index contributed by atoms with van der Waals surface area (Å²) in [6.45, 7) is 3.35. The lowest BCUT2D eigenvalue weighted by Crippen LogP contribution is -2.13. The minimum Gasteiger partial charge on any atom is -0.462 e. The van der Waals surface area contributed by atoms with Crippen molar-refractivity contribution in [1.29, 1.82) is 0 Å². The summed E-state index contributed by atoms with van der Waals surface area (Å²) in [4.78, 5) is 24.1. The second kappa shape index (κ2) is 6.67. The summed E-state index contributed by atoms with van der Waals surface area (Å²) in [5.41, 5.74) is 0.931. The molecule has 24 heavy (non-hydrogen) atoms. The first-order chi connectivity index (χ1) is 11.6. The summed E-state index contributed by atoms with van der Waals surface area (Å²) in [5.74, 6) is -0.882. The van der Waals surface area contributed by atoms with E-state index >= 15 is 0 Å². The molecule has 0 unspecified atom stereocenters. The monoisotopic (exact) mass is 318 g/mol. The quantitative estimate of drug-likeness (QED) is 0.233. The molecular weight excluding hydrogens is 300 g/mol. The molecule has 0 heterocycles. The van der Waals surface area contributed by atoms with Crippen molar-refractivity contribution >= 4 is 39.4 Å². The Morgan fingerprint density at radius 2 is 1.50 bits per heavy atom. The van der Waals surface area contributed by atoms with Gasteiger partial charge in [-0.1, -0.05) is 48.5 Å². The third kappa shape index (κ3) is 2.93. The van der Waals surface area contributed by atoms with E-state index in [0.717, 1.165) is 27.1 Å². The van der Waals surface area contributed by atoms with E-state index < -0.39 is 5.97 Å². The maximum atomic E-state index is 12.1. The van der Waals surface area contributed by atoms with Gasteiger partial charge < -0.3 is 4.74 Å². The number of carbonyl (C=O) groups is 2. The van der Waals surface area contributed by atoms with E-state index in [9.17, 15) is 9.59 Å². The molecule has 0 aliphatic carbocycles. The fraction of sp³-hybridized carbons (Fsp3) is 0.143. The number of carbonyl (C=O) groups excluding carboxylic acids is 2. The van der Waals surface area contributed by atoms with E-state index in [0.29, 0.717) is 0 Å². The number of ketones is 1. The van der Waals surface area contributed by atoms with Gasteiger partial charge in [0.05, 0.1) is 6.61 Å². The first-order valence-corrected chi connectivity index (χ1v) is 7.92. The first-order valence-electron chi connectivity index (χ1n) is 7.92. The Hall–Kier alpha value is -2.94. The zero-order chi connectivity index (χ0) is 17.1. The molecule has 0 saturated heterocycles. The van der Waals surface area contributed by atoms with Gasteiger partial charge in [-0.05, 0) is 53.1 Å². The number of benzene rings is 3. The average molecular weight is 318 g/mol. The highest BCUT2D eigenvalue weighted by Crippen LogP contribution is 2.30. The highest BCUT2D eigenvalue weighted by Gasteiger charge is 2.17. The molecule has 0 saturated carbocycles. The fourth-order valence-electron chi connectivity index (χ4n) is 2.86. The van der Waals surface area contributed by atoms with Gasteiger partial charge in [0, 0.05) is 0 Å². The standard InChI is InChI=1S/C21H18O3/c1-3-24-21(23)19(14(2)22)13-20-17-10-6-4-8-15(17)12-16-9-5-7-11-18(16)20/h4-13H,3H2,1-2H3/b19-13-. The summed E-state index contributed by atoms with van der Waals surface area (Å²) in [7, 11) is 0. The van der Waals surface area contributed by atoms with Crippen molar-refractivity contribution in [3.63, 3.8) is 0 Å². The van der Waals surface area contributed by atoms with Crippen molar-refractivity contribution in [3.05, 3.63) is 65.7 Å². The molecule has 3 aromatic carbocycles. The maximum Gasteiger partial charge on any atom is 0.341 e. The number of hydrogen-bond acceptors (Lipinski definition) is 3. The molecule has 3 rings (SSSR count). The molecule has 0 bridgehead atoms. The number of hydrogen-bond donors (Lipinski definition) is 0. The van der Waals surface area contributed by atoms with Crippen LogP contribution in [0.2, 0.25) is 0 Å². The van der Waals surface area contributed by atoms with Crippen LogP contribution in [0.15, 0.2) is 60.2 Å². The molecule has 0 N–H and O–H groups in total. The van der Waals surface area contributed by atoms with Crippen LogP contribution >= 0.6 is 0 Å². The number of rotatable bonds is 4. The maximum absolute atomic E-state index is 12.1. The smallest absolute Gasteiger partial charge is 0.341 e. The van der Waals surface area contributed by atoms with Gasteiger partial charge in [-0.2, -0.15) is 0 Å². The Balaban J connectivity index is 2.34. The Morgan fingerprint density at radius 1 is 0.958 bits per heavy atom. The van der Waals surface area contributed by atoms with Gasteiger partial charge in [-0.15, -0.1) is 0 Å². The van der Waals surface area contributed by atoms with E-state index in [2.05, 4.69) is 6.07 Å². The van der Waals surface area contributed by atoms with Crippen LogP contribution in [-0.2, 0) is 14.3 Å². The van der Waals surface area contributed by atoms with Gasteiger partial charge in [-0.3, -0.25) is 4.79 Å². The molecule has 0 radical (unpaired) electrons. The zero-order valence-corrected chi connectivity index (χ0v) is 13.7. The number of fused-ring (bicyclic) bond motifs is 2. The van der Waals surface area contributed by atoms with Gasteiger partial charge in [0.15, 0.2) is 5.78 Å². The van der Waals surface area contributed by atoms with Crippen molar-refractivity contribution in [1.82, 2.24) is 0 Å². The van der Waals surface area contributed by atoms with E-state index in [1.54, 1.807) is 13.0 Å². The lowest BCUT2D eigenvalue weighted by atomic mass is 9.95. The van der Waals surface area contributed by atoms with Crippen molar-refractivity contribution in [3.8, 4) is 0 Å². The molecular formula is C21H18O3. The van der Waals surface area contributed by atoms with Gasteiger partial charge in [0.1, 0.15) is 5.57 Å². The summed E-state index contributed by atoms with van der Waals surface area (Å²) in [5, 5.41) is 4.13. The lowest BCUT2D eigenvalue weighted by Gasteiger charge is -2.10. The molecule has 0 fully saturated rings. The summed E-state index contributed by atoms with van der Waals surface area (Å²) < 4.78 is 5.03. The van der Waals surface area contributed by atoms with Gasteiger partial charge >= 0.3 is 5.97 Å². The minimum atomic E-state index is -0.581. The summed E-state index contributed by atoms with van der Waals surface area (Å²) in [6.07, 6.45) is 1.66. The van der Waals surface area contributed by atoms with Crippen molar-refractivity contribution in [2.24, 2.45) is 0 Å². The van der Waals surface area contributed by atoms with Crippen LogP contribution in [0.25, 0.3) is 27.6 Å². The molecule has 3 aromatic rings. The van der Waals surface area contributed by atoms with E-state index in [1.165, 1.54) is 6.92 Å². The molecule has 0 aliphatic rings. The third-order valence-electron chi connectivity index (χ3n) is 3.98. The summed E-state index contributed by atoms with van der Waals surface area (Å²) in [6, 6.07) is 18.0. The van der Waals surface area contributed by atoms with Crippen molar-refractivity contribution < 1.29 is 14.3 Å². The normalized spacial score (nSPS) is 11.7. The van der Waals surface area contributed by atoms with Crippen LogP contribution in [0.1, 0.15) is 19.4 Å². The predicted octanol–water partition coefficient (Wildman–Crippen LogP) is 4.53. The van der Waals surface area contributed by atoms with Crippen molar-refractivity contribution in [2.75, 3.05) is 6.61 Å². The van der Waals surface area contributed by atoms with Crippen LogP contribution < -0.4 is 0 Å². The van der Waals surface area contributed by atoms with Crippen LogP contribution in [0, 0.1) is 0 Å². The zero-order valence-electron chi connectivity index (χ0n) is 13.7. The largest absolute Gasteiger partial charge is 0.462 e. The number of esters is 1. The van der Waals surface area contributed by atoms with Crippen molar-refractivity contribution in [2.45, 2.75) is 13.8 Å². The molecule has 120 valence electrons. The number of Topliss-reactive ketones (excluding diaryl/α,β-unsaturated/α-hetero) is 1. The molecule has 0 spiro atoms. The van der Waals surface area contributed by atoms with E-state index in [4.69, 9.17) is 4.74 Å². The van der Waals surface area contributed by atoms with Crippen LogP contribution in [0.3, 0.4) is 0 Å². The van der Waals surface area contributed by atoms with Gasteiger partial charge in [0.25, 0.3) is 0 Å². The second-order valence-electron chi connectivity index (χ2n) is 5.57. The molecule has 0 atom stereocenters. The van der Waals surface area contributed by atoms with Crippen LogP contribution in [-0.4, -0.2) is 18.4 Å². The van der Waals surface area contributed by atoms with E-state index in [-0.39, 0.29) is 18.0 Å². The SMILES string of the molecule is CCOC(=O)/C(=C\c1c2ccccc2cc2ccccc12)C(C)=O. The third-order valence-corrected chi connectivity index (χ3v) is 3.98. The number of ether oxygens (including phenoxy) is 1. The predicted molar refractivity (Wildman–Crippen MR) is 96.7 cm³/mol. The highest BCUT2D eigenvalue weighted by atomic mass is 16.5. The van der Waals surface area contributed by atoms with E-state index in [1.807, 2.05) is 48.5 Å². The molecule has 0 aromatic heterocycles. The van der Waals surface area contributed by atoms with Crippen LogP contribution in [0.4, 0.5) is 0 Å². The summed E-state index contributed by atoms with van der Waals surface area (Å²) >= 11 is 0. The Labute approximate surface area is 140 Å². The Bertz CT molecular complexity index is 913. The average Bonchev–Trinajstić information content (AvgIpc) is 2.58. The highest BCUT2D eigenvalue weighted by molar-refractivity contribution is 6.22. The minimum absolute atomic E-state index is 0.0679.